The Morgan fingerprint density at radius 1 is 1.18 bits per heavy atom. The number of carbonyl (C=O) groups is 1. The van der Waals surface area contributed by atoms with Crippen LogP contribution in [0.4, 0.5) is 5.82 Å². The molecule has 1 aromatic heterocycles. The van der Waals surface area contributed by atoms with Gasteiger partial charge in [0.25, 0.3) is 0 Å². The highest BCUT2D eigenvalue weighted by molar-refractivity contribution is 6.62. The van der Waals surface area contributed by atoms with E-state index in [-0.39, 0.29) is 22.5 Å². The first-order chi connectivity index (χ1) is 10.1. The Labute approximate surface area is 131 Å². The second-order valence-corrected chi connectivity index (χ2v) is 7.58. The highest BCUT2D eigenvalue weighted by atomic mass is 16.7. The second-order valence-electron chi connectivity index (χ2n) is 7.58. The van der Waals surface area contributed by atoms with Gasteiger partial charge in [0.1, 0.15) is 5.82 Å². The van der Waals surface area contributed by atoms with E-state index in [0.29, 0.717) is 5.82 Å². The third-order valence-corrected chi connectivity index (χ3v) is 5.10. The molecule has 2 aliphatic rings. The van der Waals surface area contributed by atoms with Gasteiger partial charge in [-0.25, -0.2) is 4.98 Å². The molecule has 0 spiro atoms. The van der Waals surface area contributed by atoms with Crippen molar-refractivity contribution in [2.24, 2.45) is 5.41 Å². The number of pyridine rings is 1. The van der Waals surface area contributed by atoms with Gasteiger partial charge in [0.2, 0.25) is 5.91 Å². The molecule has 1 aliphatic carbocycles. The molecule has 118 valence electrons. The van der Waals surface area contributed by atoms with Crippen LogP contribution in [0.1, 0.15) is 47.5 Å². The van der Waals surface area contributed by atoms with Gasteiger partial charge in [-0.05, 0) is 58.1 Å². The van der Waals surface area contributed by atoms with Crippen molar-refractivity contribution < 1.29 is 14.1 Å². The van der Waals surface area contributed by atoms with Crippen LogP contribution in [0.5, 0.6) is 0 Å². The van der Waals surface area contributed by atoms with E-state index in [0.717, 1.165) is 18.3 Å². The molecule has 0 atom stereocenters. The van der Waals surface area contributed by atoms with E-state index in [2.05, 4.69) is 10.3 Å². The van der Waals surface area contributed by atoms with Crippen LogP contribution in [-0.4, -0.2) is 29.2 Å². The maximum atomic E-state index is 12.1. The Morgan fingerprint density at radius 3 is 2.32 bits per heavy atom. The first-order valence-electron chi connectivity index (χ1n) is 7.76. The predicted molar refractivity (Wildman–Crippen MR) is 85.9 cm³/mol. The lowest BCUT2D eigenvalue weighted by atomic mass is 9.80. The minimum atomic E-state index is -0.444. The van der Waals surface area contributed by atoms with E-state index in [1.54, 1.807) is 6.20 Å². The van der Waals surface area contributed by atoms with Crippen molar-refractivity contribution in [1.82, 2.24) is 4.98 Å². The summed E-state index contributed by atoms with van der Waals surface area (Å²) >= 11 is 0. The van der Waals surface area contributed by atoms with E-state index in [1.165, 1.54) is 0 Å². The Balaban J connectivity index is 1.76. The van der Waals surface area contributed by atoms with E-state index < -0.39 is 7.12 Å². The van der Waals surface area contributed by atoms with Crippen LogP contribution in [0.15, 0.2) is 18.3 Å². The highest BCUT2D eigenvalue weighted by Crippen LogP contribution is 2.45. The number of aromatic nitrogens is 1. The molecule has 1 amide bonds. The molecule has 0 unspecified atom stereocenters. The SMILES string of the molecule is CC1(C(=O)Nc2cc(B3OC(C)(C)C(C)(C)O3)ccn2)CC1. The summed E-state index contributed by atoms with van der Waals surface area (Å²) in [5.74, 6) is 0.580. The largest absolute Gasteiger partial charge is 0.495 e. The zero-order valence-electron chi connectivity index (χ0n) is 13.9. The Morgan fingerprint density at radius 2 is 1.77 bits per heavy atom. The molecule has 0 aromatic carbocycles. The summed E-state index contributed by atoms with van der Waals surface area (Å²) in [5.41, 5.74) is -0.121. The molecule has 2 heterocycles. The summed E-state index contributed by atoms with van der Waals surface area (Å²) in [7, 11) is -0.444. The topological polar surface area (TPSA) is 60.5 Å². The summed E-state index contributed by atoms with van der Waals surface area (Å²) in [4.78, 5) is 16.3. The van der Waals surface area contributed by atoms with Gasteiger partial charge in [0.15, 0.2) is 0 Å². The lowest BCUT2D eigenvalue weighted by Gasteiger charge is -2.32. The number of nitrogens with zero attached hydrogens (tertiary/aromatic N) is 1. The summed E-state index contributed by atoms with van der Waals surface area (Å²) < 4.78 is 12.1. The number of rotatable bonds is 3. The number of nitrogens with one attached hydrogen (secondary N) is 1. The predicted octanol–water partition coefficient (Wildman–Crippen LogP) is 2.12. The van der Waals surface area contributed by atoms with Crippen molar-refractivity contribution >= 4 is 24.3 Å². The monoisotopic (exact) mass is 302 g/mol. The van der Waals surface area contributed by atoms with Crippen molar-refractivity contribution in [2.75, 3.05) is 5.32 Å². The van der Waals surface area contributed by atoms with Crippen LogP contribution in [0.3, 0.4) is 0 Å². The Kier molecular flexibility index (Phi) is 3.38. The van der Waals surface area contributed by atoms with Crippen molar-refractivity contribution in [3.63, 3.8) is 0 Å². The normalized spacial score (nSPS) is 24.1. The number of amides is 1. The molecule has 0 bridgehead atoms. The number of hydrogen-bond acceptors (Lipinski definition) is 4. The fraction of sp³-hybridized carbons (Fsp3) is 0.625. The van der Waals surface area contributed by atoms with Gasteiger partial charge < -0.3 is 14.6 Å². The molecule has 1 saturated heterocycles. The molecule has 1 N–H and O–H groups in total. The van der Waals surface area contributed by atoms with Crippen LogP contribution in [0.25, 0.3) is 0 Å². The molecular formula is C16H23BN2O3. The zero-order valence-corrected chi connectivity index (χ0v) is 13.9. The first-order valence-corrected chi connectivity index (χ1v) is 7.76. The molecule has 2 fully saturated rings. The average molecular weight is 302 g/mol. The van der Waals surface area contributed by atoms with Crippen molar-refractivity contribution in [1.29, 1.82) is 0 Å². The van der Waals surface area contributed by atoms with Gasteiger partial charge in [-0.15, -0.1) is 0 Å². The molecule has 6 heteroatoms. The fourth-order valence-corrected chi connectivity index (χ4v) is 2.32. The summed E-state index contributed by atoms with van der Waals surface area (Å²) in [6.07, 6.45) is 3.55. The molecule has 1 saturated carbocycles. The van der Waals surface area contributed by atoms with Gasteiger partial charge in [-0.3, -0.25) is 4.79 Å². The lowest BCUT2D eigenvalue weighted by Crippen LogP contribution is -2.41. The van der Waals surface area contributed by atoms with Crippen molar-refractivity contribution in [3.05, 3.63) is 18.3 Å². The fourth-order valence-electron chi connectivity index (χ4n) is 2.32. The van der Waals surface area contributed by atoms with Gasteiger partial charge in [0.05, 0.1) is 11.2 Å². The standard InChI is InChI=1S/C16H23BN2O3/c1-14(2)15(3,4)22-17(21-14)11-6-9-18-12(10-11)19-13(20)16(5)7-8-16/h6,9-10H,7-8H2,1-5H3,(H,18,19,20). The minimum Gasteiger partial charge on any atom is -0.399 e. The Bertz CT molecular complexity index is 595. The smallest absolute Gasteiger partial charge is 0.399 e. The van der Waals surface area contributed by atoms with Gasteiger partial charge in [-0.2, -0.15) is 0 Å². The first kappa shape index (κ1) is 15.5. The van der Waals surface area contributed by atoms with E-state index in [9.17, 15) is 4.79 Å². The average Bonchev–Trinajstić information content (AvgIpc) is 3.12. The number of hydrogen-bond donors (Lipinski definition) is 1. The van der Waals surface area contributed by atoms with E-state index in [1.807, 2.05) is 46.8 Å². The van der Waals surface area contributed by atoms with E-state index >= 15 is 0 Å². The lowest BCUT2D eigenvalue weighted by molar-refractivity contribution is -0.120. The number of anilines is 1. The van der Waals surface area contributed by atoms with Crippen LogP contribution in [-0.2, 0) is 14.1 Å². The van der Waals surface area contributed by atoms with Gasteiger partial charge >= 0.3 is 7.12 Å². The summed E-state index contributed by atoms with van der Waals surface area (Å²) in [6, 6.07) is 3.68. The third kappa shape index (κ3) is 2.65. The minimum absolute atomic E-state index is 0.0334. The maximum Gasteiger partial charge on any atom is 0.495 e. The highest BCUT2D eigenvalue weighted by Gasteiger charge is 2.51. The molecule has 1 aromatic rings. The van der Waals surface area contributed by atoms with Gasteiger partial charge in [-0.1, -0.05) is 6.92 Å². The van der Waals surface area contributed by atoms with Crippen LogP contribution in [0.2, 0.25) is 0 Å². The number of carbonyl (C=O) groups excluding carboxylic acids is 1. The maximum absolute atomic E-state index is 12.1. The third-order valence-electron chi connectivity index (χ3n) is 5.10. The van der Waals surface area contributed by atoms with Gasteiger partial charge in [0, 0.05) is 11.6 Å². The molecular weight excluding hydrogens is 279 g/mol. The van der Waals surface area contributed by atoms with Crippen LogP contribution in [0, 0.1) is 5.41 Å². The Hall–Kier alpha value is -1.40. The summed E-state index contributed by atoms with van der Waals surface area (Å²) in [5, 5.41) is 2.89. The quantitative estimate of drug-likeness (QED) is 0.869. The summed E-state index contributed by atoms with van der Waals surface area (Å²) in [6.45, 7) is 10.0. The molecule has 22 heavy (non-hydrogen) atoms. The van der Waals surface area contributed by atoms with Crippen molar-refractivity contribution in [2.45, 2.75) is 58.7 Å². The van der Waals surface area contributed by atoms with E-state index in [4.69, 9.17) is 9.31 Å². The molecule has 5 nitrogen and oxygen atoms in total. The van der Waals surface area contributed by atoms with Crippen LogP contribution >= 0.6 is 0 Å². The van der Waals surface area contributed by atoms with Crippen LogP contribution < -0.4 is 10.8 Å². The zero-order chi connectivity index (χ0) is 16.2. The molecule has 1 aliphatic heterocycles. The molecule has 0 radical (unpaired) electrons. The van der Waals surface area contributed by atoms with Crippen molar-refractivity contribution in [3.8, 4) is 0 Å². The molecule has 3 rings (SSSR count). The second kappa shape index (κ2) is 4.80.